The van der Waals surface area contributed by atoms with E-state index in [1.165, 1.54) is 16.6 Å². The van der Waals surface area contributed by atoms with E-state index in [1.807, 2.05) is 12.1 Å². The first-order valence-corrected chi connectivity index (χ1v) is 8.39. The summed E-state index contributed by atoms with van der Waals surface area (Å²) in [5.74, 6) is 0. The van der Waals surface area contributed by atoms with Gasteiger partial charge in [-0.1, -0.05) is 24.9 Å². The first kappa shape index (κ1) is 13.9. The third-order valence-corrected chi connectivity index (χ3v) is 5.31. The van der Waals surface area contributed by atoms with Crippen molar-refractivity contribution >= 4 is 45.7 Å². The van der Waals surface area contributed by atoms with E-state index in [1.54, 1.807) is 11.3 Å². The van der Waals surface area contributed by atoms with Crippen LogP contribution in [0.15, 0.2) is 24.3 Å². The van der Waals surface area contributed by atoms with E-state index in [2.05, 4.69) is 27.8 Å². The molecule has 6 heteroatoms. The molecule has 3 aromatic rings. The number of benzene rings is 1. The standard InChI is InChI=1S/C14H14ClN3S2/c1-2-3-9(16)11-6-7-12(19-11)13-8(15)4-5-10-14(13)18-20-17-10/h4-7,9H,2-3,16H2,1H3. The highest BCUT2D eigenvalue weighted by Crippen LogP contribution is 2.39. The van der Waals surface area contributed by atoms with Gasteiger partial charge >= 0.3 is 0 Å². The van der Waals surface area contributed by atoms with E-state index in [9.17, 15) is 0 Å². The van der Waals surface area contributed by atoms with Gasteiger partial charge in [-0.05, 0) is 30.7 Å². The van der Waals surface area contributed by atoms with Crippen molar-refractivity contribution in [1.82, 2.24) is 8.75 Å². The minimum absolute atomic E-state index is 0.102. The second-order valence-electron chi connectivity index (χ2n) is 4.65. The summed E-state index contributed by atoms with van der Waals surface area (Å²) in [4.78, 5) is 2.30. The molecule has 2 aromatic heterocycles. The Kier molecular flexibility index (Phi) is 4.03. The molecule has 0 aliphatic rings. The molecule has 20 heavy (non-hydrogen) atoms. The van der Waals surface area contributed by atoms with Crippen LogP contribution < -0.4 is 5.73 Å². The van der Waals surface area contributed by atoms with E-state index in [0.717, 1.165) is 34.3 Å². The molecular weight excluding hydrogens is 310 g/mol. The van der Waals surface area contributed by atoms with Crippen LogP contribution in [0.4, 0.5) is 0 Å². The first-order chi connectivity index (χ1) is 9.70. The van der Waals surface area contributed by atoms with Gasteiger partial charge in [-0.3, -0.25) is 0 Å². The molecular formula is C14H14ClN3S2. The predicted octanol–water partition coefficient (Wildman–Crippen LogP) is 4.87. The van der Waals surface area contributed by atoms with Gasteiger partial charge in [0, 0.05) is 21.4 Å². The van der Waals surface area contributed by atoms with Crippen LogP contribution in [0.5, 0.6) is 0 Å². The Labute approximate surface area is 130 Å². The van der Waals surface area contributed by atoms with E-state index >= 15 is 0 Å². The van der Waals surface area contributed by atoms with Gasteiger partial charge in [0.05, 0.1) is 16.8 Å². The van der Waals surface area contributed by atoms with Crippen LogP contribution in [-0.2, 0) is 0 Å². The summed E-state index contributed by atoms with van der Waals surface area (Å²) in [7, 11) is 0. The Hall–Kier alpha value is -1.01. The Balaban J connectivity index is 2.07. The van der Waals surface area contributed by atoms with Crippen LogP contribution in [0.1, 0.15) is 30.7 Å². The number of halogens is 1. The minimum atomic E-state index is 0.102. The zero-order valence-corrected chi connectivity index (χ0v) is 13.4. The number of nitrogens with zero attached hydrogens (tertiary/aromatic N) is 2. The van der Waals surface area contributed by atoms with Crippen LogP contribution in [0.2, 0.25) is 5.02 Å². The molecule has 0 aliphatic heterocycles. The summed E-state index contributed by atoms with van der Waals surface area (Å²) in [6.07, 6.45) is 2.08. The highest BCUT2D eigenvalue weighted by Gasteiger charge is 2.15. The summed E-state index contributed by atoms with van der Waals surface area (Å²) in [5.41, 5.74) is 8.92. The molecule has 104 valence electrons. The largest absolute Gasteiger partial charge is 0.323 e. The molecule has 1 atom stereocenters. The number of thiophene rings is 1. The van der Waals surface area contributed by atoms with Crippen molar-refractivity contribution in [3.63, 3.8) is 0 Å². The van der Waals surface area contributed by atoms with Crippen LogP contribution >= 0.6 is 34.7 Å². The zero-order valence-electron chi connectivity index (χ0n) is 11.0. The van der Waals surface area contributed by atoms with Crippen molar-refractivity contribution in [1.29, 1.82) is 0 Å². The fourth-order valence-electron chi connectivity index (χ4n) is 2.20. The third-order valence-electron chi connectivity index (χ3n) is 3.22. The van der Waals surface area contributed by atoms with Gasteiger partial charge in [0.15, 0.2) is 0 Å². The molecule has 0 saturated carbocycles. The van der Waals surface area contributed by atoms with Gasteiger partial charge < -0.3 is 5.73 Å². The maximum atomic E-state index is 6.36. The first-order valence-electron chi connectivity index (χ1n) is 6.47. The summed E-state index contributed by atoms with van der Waals surface area (Å²) in [6.45, 7) is 2.15. The van der Waals surface area contributed by atoms with Gasteiger partial charge in [-0.25, -0.2) is 0 Å². The van der Waals surface area contributed by atoms with Crippen molar-refractivity contribution < 1.29 is 0 Å². The average molecular weight is 324 g/mol. The molecule has 0 saturated heterocycles. The topological polar surface area (TPSA) is 51.8 Å². The number of fused-ring (bicyclic) bond motifs is 1. The van der Waals surface area contributed by atoms with E-state index < -0.39 is 0 Å². The van der Waals surface area contributed by atoms with E-state index in [-0.39, 0.29) is 6.04 Å². The SMILES string of the molecule is CCCC(N)c1ccc(-c2c(Cl)ccc3nsnc23)s1. The number of aromatic nitrogens is 2. The molecule has 0 spiro atoms. The molecule has 3 nitrogen and oxygen atoms in total. The highest BCUT2D eigenvalue weighted by atomic mass is 35.5. The van der Waals surface area contributed by atoms with Crippen molar-refractivity contribution in [2.24, 2.45) is 5.73 Å². The van der Waals surface area contributed by atoms with Gasteiger partial charge in [0.1, 0.15) is 11.0 Å². The lowest BCUT2D eigenvalue weighted by Crippen LogP contribution is -2.07. The maximum absolute atomic E-state index is 6.36. The Morgan fingerprint density at radius 1 is 1.25 bits per heavy atom. The van der Waals surface area contributed by atoms with Crippen LogP contribution in [0.3, 0.4) is 0 Å². The number of nitrogens with two attached hydrogens (primary N) is 1. The predicted molar refractivity (Wildman–Crippen MR) is 87.6 cm³/mol. The highest BCUT2D eigenvalue weighted by molar-refractivity contribution is 7.15. The average Bonchev–Trinajstić information content (AvgIpc) is 3.07. The quantitative estimate of drug-likeness (QED) is 0.745. The molecule has 1 unspecified atom stereocenters. The summed E-state index contributed by atoms with van der Waals surface area (Å²) >= 11 is 9.26. The normalized spacial score (nSPS) is 12.9. The molecule has 2 N–H and O–H groups in total. The second-order valence-corrected chi connectivity index (χ2v) is 6.70. The smallest absolute Gasteiger partial charge is 0.114 e. The molecule has 0 radical (unpaired) electrons. The van der Waals surface area contributed by atoms with Gasteiger partial charge in [0.25, 0.3) is 0 Å². The van der Waals surface area contributed by atoms with Gasteiger partial charge in [-0.15, -0.1) is 11.3 Å². The molecule has 0 bridgehead atoms. The minimum Gasteiger partial charge on any atom is -0.323 e. The summed E-state index contributed by atoms with van der Waals surface area (Å²) in [5, 5.41) is 0.711. The molecule has 2 heterocycles. The number of rotatable bonds is 4. The molecule has 0 amide bonds. The lowest BCUT2D eigenvalue weighted by atomic mass is 10.1. The van der Waals surface area contributed by atoms with Crippen LogP contribution in [0, 0.1) is 0 Å². The van der Waals surface area contributed by atoms with Crippen molar-refractivity contribution in [3.8, 4) is 10.4 Å². The molecule has 0 aliphatic carbocycles. The van der Waals surface area contributed by atoms with Crippen LogP contribution in [0.25, 0.3) is 21.5 Å². The monoisotopic (exact) mass is 323 g/mol. The molecule has 1 aromatic carbocycles. The fraction of sp³-hybridized carbons (Fsp3) is 0.286. The summed E-state index contributed by atoms with van der Waals surface area (Å²) < 4.78 is 8.64. The summed E-state index contributed by atoms with van der Waals surface area (Å²) in [6, 6.07) is 8.06. The number of hydrogen-bond donors (Lipinski definition) is 1. The Morgan fingerprint density at radius 2 is 2.10 bits per heavy atom. The molecule has 3 rings (SSSR count). The maximum Gasteiger partial charge on any atom is 0.114 e. The Bertz CT molecular complexity index is 735. The molecule has 0 fully saturated rings. The fourth-order valence-corrected chi connectivity index (χ4v) is 4.16. The Morgan fingerprint density at radius 3 is 2.90 bits per heavy atom. The number of hydrogen-bond acceptors (Lipinski definition) is 5. The van der Waals surface area contributed by atoms with Gasteiger partial charge in [-0.2, -0.15) is 8.75 Å². The van der Waals surface area contributed by atoms with Crippen LogP contribution in [-0.4, -0.2) is 8.75 Å². The van der Waals surface area contributed by atoms with Crippen molar-refractivity contribution in [3.05, 3.63) is 34.2 Å². The van der Waals surface area contributed by atoms with Crippen molar-refractivity contribution in [2.75, 3.05) is 0 Å². The second kappa shape index (κ2) is 5.77. The van der Waals surface area contributed by atoms with Crippen molar-refractivity contribution in [2.45, 2.75) is 25.8 Å². The van der Waals surface area contributed by atoms with Gasteiger partial charge in [0.2, 0.25) is 0 Å². The lowest BCUT2D eigenvalue weighted by Gasteiger charge is -2.06. The van der Waals surface area contributed by atoms with E-state index in [4.69, 9.17) is 17.3 Å². The lowest BCUT2D eigenvalue weighted by molar-refractivity contribution is 0.648. The third kappa shape index (κ3) is 2.46. The zero-order chi connectivity index (χ0) is 14.1. The van der Waals surface area contributed by atoms with E-state index in [0.29, 0.717) is 5.02 Å².